The molecule has 146 valence electrons. The van der Waals surface area contributed by atoms with Crippen LogP contribution in [0.3, 0.4) is 0 Å². The fraction of sp³-hybridized carbons (Fsp3) is 0.688. The van der Waals surface area contributed by atoms with Gasteiger partial charge in [-0.15, -0.1) is 11.8 Å². The van der Waals surface area contributed by atoms with E-state index in [9.17, 15) is 14.4 Å². The Morgan fingerprint density at radius 2 is 1.85 bits per heavy atom. The van der Waals surface area contributed by atoms with E-state index in [2.05, 4.69) is 24.6 Å². The zero-order valence-electron chi connectivity index (χ0n) is 16.5. The maximum absolute atomic E-state index is 12.8. The lowest BCUT2D eigenvalue weighted by Crippen LogP contribution is -2.73. The molecule has 0 aromatic heterocycles. The predicted octanol–water partition coefficient (Wildman–Crippen LogP) is 1.89. The number of hydrogen-bond acceptors (Lipinski definition) is 7. The Morgan fingerprint density at radius 3 is 2.35 bits per heavy atom. The summed E-state index contributed by atoms with van der Waals surface area (Å²) in [6, 6.07) is -0.281. The van der Waals surface area contributed by atoms with Gasteiger partial charge in [0.05, 0.1) is 0 Å². The van der Waals surface area contributed by atoms with Gasteiger partial charge in [0.15, 0.2) is 0 Å². The standard InChI is InChI=1S/C16H28N2O5SSi2/c1-10(19)22-8-11-9-24-15-12(17-25(2,3)4)14(20)18(15)13(11)16(21)23-26(5,6)7/h12,15,17H,8-9H2,1-7H3/t12?,15-/m1/s1. The van der Waals surface area contributed by atoms with E-state index in [4.69, 9.17) is 9.16 Å². The van der Waals surface area contributed by atoms with Crippen molar-refractivity contribution in [2.45, 2.75) is 57.6 Å². The molecule has 0 aromatic carbocycles. The molecule has 0 aliphatic carbocycles. The highest BCUT2D eigenvalue weighted by molar-refractivity contribution is 8.00. The Balaban J connectivity index is 2.30. The topological polar surface area (TPSA) is 84.9 Å². The van der Waals surface area contributed by atoms with Gasteiger partial charge in [-0.3, -0.25) is 14.5 Å². The first-order chi connectivity index (χ1) is 11.8. The summed E-state index contributed by atoms with van der Waals surface area (Å²) in [6.45, 7) is 13.5. The van der Waals surface area contributed by atoms with Crippen LogP contribution in [0.1, 0.15) is 6.92 Å². The second-order valence-electron chi connectivity index (χ2n) is 8.52. The van der Waals surface area contributed by atoms with E-state index in [0.29, 0.717) is 11.3 Å². The molecule has 1 saturated heterocycles. The molecule has 0 radical (unpaired) electrons. The number of rotatable bonds is 6. The monoisotopic (exact) mass is 416 g/mol. The molecular formula is C16H28N2O5SSi2. The van der Waals surface area contributed by atoms with Crippen molar-refractivity contribution in [1.29, 1.82) is 0 Å². The van der Waals surface area contributed by atoms with Crippen LogP contribution in [0.25, 0.3) is 0 Å². The van der Waals surface area contributed by atoms with Gasteiger partial charge >= 0.3 is 11.9 Å². The molecule has 1 fully saturated rings. The molecule has 2 rings (SSSR count). The molecular weight excluding hydrogens is 388 g/mol. The van der Waals surface area contributed by atoms with E-state index >= 15 is 0 Å². The highest BCUT2D eigenvalue weighted by Gasteiger charge is 2.54. The Hall–Kier alpha value is -1.11. The summed E-state index contributed by atoms with van der Waals surface area (Å²) in [6.07, 6.45) is 0. The Bertz CT molecular complexity index is 654. The average Bonchev–Trinajstić information content (AvgIpc) is 2.46. The molecule has 0 bridgehead atoms. The minimum absolute atomic E-state index is 0.00107. The third-order valence-electron chi connectivity index (χ3n) is 3.68. The summed E-state index contributed by atoms with van der Waals surface area (Å²) in [5.41, 5.74) is 0.889. The number of fused-ring (bicyclic) bond motifs is 1. The molecule has 0 saturated carbocycles. The number of amides is 1. The number of carbonyl (C=O) groups excluding carboxylic acids is 3. The first kappa shape index (κ1) is 21.2. The maximum Gasteiger partial charge on any atom is 0.341 e. The molecule has 26 heavy (non-hydrogen) atoms. The summed E-state index contributed by atoms with van der Waals surface area (Å²) < 4.78 is 10.7. The first-order valence-corrected chi connectivity index (χ1v) is 16.6. The van der Waals surface area contributed by atoms with Crippen molar-refractivity contribution < 1.29 is 23.5 Å². The van der Waals surface area contributed by atoms with Gasteiger partial charge in [0.25, 0.3) is 0 Å². The number of β-lactam (4-membered cyclic amide) rings is 1. The zero-order chi connectivity index (χ0) is 19.9. The fourth-order valence-corrected chi connectivity index (χ4v) is 6.08. The van der Waals surface area contributed by atoms with Crippen molar-refractivity contribution in [2.24, 2.45) is 0 Å². The van der Waals surface area contributed by atoms with Gasteiger partial charge in [-0.1, -0.05) is 19.6 Å². The Kier molecular flexibility index (Phi) is 6.11. The lowest BCUT2D eigenvalue weighted by Gasteiger charge is -2.51. The molecule has 10 heteroatoms. The molecule has 2 aliphatic heterocycles. The smallest absolute Gasteiger partial charge is 0.341 e. The number of ether oxygens (including phenoxy) is 1. The highest BCUT2D eigenvalue weighted by atomic mass is 32.2. The predicted molar refractivity (Wildman–Crippen MR) is 106 cm³/mol. The Labute approximate surface area is 161 Å². The van der Waals surface area contributed by atoms with Crippen LogP contribution in [0.4, 0.5) is 0 Å². The van der Waals surface area contributed by atoms with E-state index in [1.807, 2.05) is 19.6 Å². The van der Waals surface area contributed by atoms with Crippen molar-refractivity contribution in [3.63, 3.8) is 0 Å². The summed E-state index contributed by atoms with van der Waals surface area (Å²) in [4.78, 5) is 41.7. The van der Waals surface area contributed by atoms with Gasteiger partial charge < -0.3 is 14.1 Å². The minimum atomic E-state index is -2.13. The number of nitrogens with zero attached hydrogens (tertiary/aromatic N) is 1. The molecule has 7 nitrogen and oxygen atoms in total. The molecule has 0 spiro atoms. The summed E-state index contributed by atoms with van der Waals surface area (Å²) in [5.74, 6) is -0.499. The Morgan fingerprint density at radius 1 is 1.23 bits per heavy atom. The van der Waals surface area contributed by atoms with Crippen molar-refractivity contribution in [2.75, 3.05) is 12.4 Å². The van der Waals surface area contributed by atoms with Gasteiger partial charge in [-0.25, -0.2) is 4.79 Å². The molecule has 2 aliphatic rings. The van der Waals surface area contributed by atoms with E-state index in [0.717, 1.165) is 0 Å². The average molecular weight is 417 g/mol. The van der Waals surface area contributed by atoms with Gasteiger partial charge in [-0.2, -0.15) is 0 Å². The zero-order valence-corrected chi connectivity index (χ0v) is 19.3. The summed E-state index contributed by atoms with van der Waals surface area (Å²) in [5, 5.41) is -0.125. The quantitative estimate of drug-likeness (QED) is 0.402. The third kappa shape index (κ3) is 4.99. The van der Waals surface area contributed by atoms with Crippen LogP contribution in [0, 0.1) is 0 Å². The molecule has 1 unspecified atom stereocenters. The van der Waals surface area contributed by atoms with Crippen LogP contribution >= 0.6 is 11.8 Å². The minimum Gasteiger partial charge on any atom is -0.515 e. The molecule has 1 amide bonds. The van der Waals surface area contributed by atoms with Crippen LogP contribution in [-0.4, -0.2) is 63.1 Å². The van der Waals surface area contributed by atoms with Gasteiger partial charge in [0, 0.05) is 18.2 Å². The molecule has 1 N–H and O–H groups in total. The van der Waals surface area contributed by atoms with Crippen molar-refractivity contribution in [3.8, 4) is 0 Å². The highest BCUT2D eigenvalue weighted by Crippen LogP contribution is 2.41. The summed E-state index contributed by atoms with van der Waals surface area (Å²) >= 11 is 1.58. The lowest BCUT2D eigenvalue weighted by molar-refractivity contribution is -0.148. The summed E-state index contributed by atoms with van der Waals surface area (Å²) in [7, 11) is -3.78. The third-order valence-corrected chi connectivity index (χ3v) is 6.99. The SMILES string of the molecule is CC(=O)OCC1=C(C(=O)O[Si](C)(C)C)N2C(=O)C(N[Si](C)(C)C)[C@H]2SC1. The first-order valence-electron chi connectivity index (χ1n) is 8.61. The van der Waals surface area contributed by atoms with E-state index in [1.54, 1.807) is 11.8 Å². The van der Waals surface area contributed by atoms with Crippen LogP contribution in [-0.2, 0) is 23.5 Å². The fourth-order valence-electron chi connectivity index (χ4n) is 2.76. The van der Waals surface area contributed by atoms with E-state index in [1.165, 1.54) is 11.8 Å². The second-order valence-corrected chi connectivity index (χ2v) is 18.8. The number of esters is 1. The van der Waals surface area contributed by atoms with Crippen molar-refractivity contribution in [3.05, 3.63) is 11.3 Å². The molecule has 2 heterocycles. The lowest BCUT2D eigenvalue weighted by atomic mass is 10.0. The van der Waals surface area contributed by atoms with Crippen LogP contribution in [0.2, 0.25) is 39.3 Å². The van der Waals surface area contributed by atoms with Crippen molar-refractivity contribution in [1.82, 2.24) is 9.88 Å². The largest absolute Gasteiger partial charge is 0.515 e. The van der Waals surface area contributed by atoms with Gasteiger partial charge in [-0.05, 0) is 19.6 Å². The normalized spacial score (nSPS) is 23.3. The van der Waals surface area contributed by atoms with E-state index in [-0.39, 0.29) is 29.6 Å². The van der Waals surface area contributed by atoms with Crippen LogP contribution < -0.4 is 4.98 Å². The number of hydrogen-bond donors (Lipinski definition) is 1. The van der Waals surface area contributed by atoms with Gasteiger partial charge in [0.2, 0.25) is 14.2 Å². The van der Waals surface area contributed by atoms with Gasteiger partial charge in [0.1, 0.15) is 32.0 Å². The van der Waals surface area contributed by atoms with Crippen LogP contribution in [0.5, 0.6) is 0 Å². The second kappa shape index (κ2) is 7.49. The van der Waals surface area contributed by atoms with Crippen molar-refractivity contribution >= 4 is 46.2 Å². The van der Waals surface area contributed by atoms with E-state index < -0.39 is 28.5 Å². The molecule has 2 atom stereocenters. The number of thioether (sulfide) groups is 1. The maximum atomic E-state index is 12.8. The molecule has 0 aromatic rings. The number of carbonyl (C=O) groups is 3. The van der Waals surface area contributed by atoms with Crippen LogP contribution in [0.15, 0.2) is 11.3 Å². The number of nitrogens with one attached hydrogen (secondary N) is 1.